The summed E-state index contributed by atoms with van der Waals surface area (Å²) < 4.78 is 4.89. The maximum absolute atomic E-state index is 10.3. The van der Waals surface area contributed by atoms with Gasteiger partial charge >= 0.3 is 6.03 Å². The van der Waals surface area contributed by atoms with E-state index in [-0.39, 0.29) is 28.3 Å². The number of phenols is 1. The van der Waals surface area contributed by atoms with Crippen molar-refractivity contribution in [1.82, 2.24) is 15.4 Å². The third-order valence-electron chi connectivity index (χ3n) is 3.97. The molecular formula is C21H21CuN5O4. The number of benzene rings is 2. The standard InChI is InChI=1S/C12H8N2.C9H11N3O3.Cu.H2O/c1-3-9-5-6-10-4-2-8-14-12(10)11(9)13-7-1;1-15-7-4-2-3-6(8(7)13)5-11-12-9(10)14;;/h1-8H;2-5,13H,1H3,(H3,10,12,14);;1H2/b;11-5+;;. The summed E-state index contributed by atoms with van der Waals surface area (Å²) in [5, 5.41) is 15.4. The minimum Gasteiger partial charge on any atom is -0.504 e. The average molecular weight is 471 g/mol. The van der Waals surface area contributed by atoms with Crippen LogP contribution in [0.3, 0.4) is 0 Å². The van der Waals surface area contributed by atoms with E-state index in [1.54, 1.807) is 30.6 Å². The molecule has 165 valence electrons. The Hall–Kier alpha value is -3.72. The van der Waals surface area contributed by atoms with Crippen molar-refractivity contribution in [1.29, 1.82) is 0 Å². The molecule has 2 heterocycles. The molecule has 9 nitrogen and oxygen atoms in total. The summed E-state index contributed by atoms with van der Waals surface area (Å²) in [5.41, 5.74) is 9.19. The van der Waals surface area contributed by atoms with E-state index in [9.17, 15) is 9.90 Å². The molecule has 0 aliphatic rings. The van der Waals surface area contributed by atoms with E-state index in [1.165, 1.54) is 13.3 Å². The maximum atomic E-state index is 10.3. The smallest absolute Gasteiger partial charge is 0.332 e. The zero-order valence-electron chi connectivity index (χ0n) is 16.4. The predicted molar refractivity (Wildman–Crippen MR) is 116 cm³/mol. The third-order valence-corrected chi connectivity index (χ3v) is 3.97. The van der Waals surface area contributed by atoms with Crippen LogP contribution in [-0.2, 0) is 17.1 Å². The fraction of sp³-hybridized carbons (Fsp3) is 0.0476. The second kappa shape index (κ2) is 12.1. The molecule has 0 bridgehead atoms. The van der Waals surface area contributed by atoms with Crippen LogP contribution in [0, 0.1) is 0 Å². The first-order valence-corrected chi connectivity index (χ1v) is 8.63. The number of methoxy groups -OCH3 is 1. The molecule has 4 aromatic rings. The van der Waals surface area contributed by atoms with Gasteiger partial charge in [0.25, 0.3) is 0 Å². The van der Waals surface area contributed by atoms with Crippen molar-refractivity contribution in [3.05, 3.63) is 72.6 Å². The quantitative estimate of drug-likeness (QED) is 0.181. The number of carbonyl (C=O) groups is 1. The van der Waals surface area contributed by atoms with Gasteiger partial charge in [-0.1, -0.05) is 30.3 Å². The predicted octanol–water partition coefficient (Wildman–Crippen LogP) is 2.36. The van der Waals surface area contributed by atoms with Crippen LogP contribution in [0.15, 0.2) is 72.1 Å². The Labute approximate surface area is 188 Å². The number of carbonyl (C=O) groups excluding carboxylic acids is 1. The van der Waals surface area contributed by atoms with E-state index in [1.807, 2.05) is 17.6 Å². The molecule has 0 atom stereocenters. The molecule has 0 unspecified atom stereocenters. The number of fused-ring (bicyclic) bond motifs is 3. The number of pyridine rings is 2. The number of para-hydroxylation sites is 1. The molecule has 0 saturated heterocycles. The Morgan fingerprint density at radius 1 is 1.03 bits per heavy atom. The van der Waals surface area contributed by atoms with Gasteiger partial charge in [0, 0.05) is 45.8 Å². The van der Waals surface area contributed by atoms with E-state index in [4.69, 9.17) is 10.5 Å². The number of aromatic nitrogens is 2. The number of nitrogens with one attached hydrogen (secondary N) is 1. The molecule has 2 aromatic carbocycles. The van der Waals surface area contributed by atoms with Crippen LogP contribution in [0.2, 0.25) is 0 Å². The molecule has 0 aliphatic carbocycles. The van der Waals surface area contributed by atoms with E-state index in [0.29, 0.717) is 11.3 Å². The summed E-state index contributed by atoms with van der Waals surface area (Å²) in [4.78, 5) is 19.0. The van der Waals surface area contributed by atoms with Crippen molar-refractivity contribution < 1.29 is 37.2 Å². The normalized spacial score (nSPS) is 9.84. The van der Waals surface area contributed by atoms with Crippen molar-refractivity contribution in [2.24, 2.45) is 10.8 Å². The van der Waals surface area contributed by atoms with Gasteiger partial charge in [0.15, 0.2) is 11.5 Å². The van der Waals surface area contributed by atoms with Crippen LogP contribution < -0.4 is 15.9 Å². The largest absolute Gasteiger partial charge is 0.504 e. The van der Waals surface area contributed by atoms with Gasteiger partial charge in [-0.05, 0) is 24.3 Å². The van der Waals surface area contributed by atoms with Crippen molar-refractivity contribution in [3.8, 4) is 11.5 Å². The Morgan fingerprint density at radius 2 is 1.61 bits per heavy atom. The van der Waals surface area contributed by atoms with Gasteiger partial charge in [-0.25, -0.2) is 10.2 Å². The van der Waals surface area contributed by atoms with Crippen LogP contribution >= 0.6 is 0 Å². The Morgan fingerprint density at radius 3 is 2.13 bits per heavy atom. The number of hydrogen-bond acceptors (Lipinski definition) is 6. The van der Waals surface area contributed by atoms with Crippen LogP contribution in [0.5, 0.6) is 11.5 Å². The number of ether oxygens (including phenoxy) is 1. The SMILES string of the molecule is COc1cccc(/C=N/NC(N)=O)c1O.O.[Cu].c1cnc2c(c1)ccc1cccnc12. The molecular weight excluding hydrogens is 450 g/mol. The molecule has 0 fully saturated rings. The summed E-state index contributed by atoms with van der Waals surface area (Å²) >= 11 is 0. The molecule has 6 N–H and O–H groups in total. The molecule has 31 heavy (non-hydrogen) atoms. The van der Waals surface area contributed by atoms with Crippen molar-refractivity contribution in [3.63, 3.8) is 0 Å². The van der Waals surface area contributed by atoms with E-state index < -0.39 is 6.03 Å². The number of amides is 2. The molecule has 4 rings (SSSR count). The Balaban J connectivity index is 0.000000291. The van der Waals surface area contributed by atoms with Gasteiger partial charge < -0.3 is 21.1 Å². The first-order valence-electron chi connectivity index (χ1n) is 8.63. The minimum absolute atomic E-state index is 0. The van der Waals surface area contributed by atoms with E-state index >= 15 is 0 Å². The molecule has 10 heteroatoms. The first-order chi connectivity index (χ1) is 14.1. The number of primary amides is 1. The number of hydrazone groups is 1. The second-order valence-corrected chi connectivity index (χ2v) is 5.85. The topological polar surface area (TPSA) is 154 Å². The summed E-state index contributed by atoms with van der Waals surface area (Å²) in [6.45, 7) is 0. The van der Waals surface area contributed by atoms with Gasteiger partial charge in [-0.3, -0.25) is 9.97 Å². The molecule has 0 aliphatic heterocycles. The molecule has 1 radical (unpaired) electrons. The fourth-order valence-electron chi connectivity index (χ4n) is 2.65. The van der Waals surface area contributed by atoms with Crippen molar-refractivity contribution in [2.75, 3.05) is 7.11 Å². The van der Waals surface area contributed by atoms with Gasteiger partial charge in [0.05, 0.1) is 24.4 Å². The zero-order valence-corrected chi connectivity index (χ0v) is 17.4. The Kier molecular flexibility index (Phi) is 9.87. The van der Waals surface area contributed by atoms with Crippen molar-refractivity contribution >= 4 is 34.1 Å². The van der Waals surface area contributed by atoms with Gasteiger partial charge in [-0.2, -0.15) is 5.10 Å². The number of urea groups is 1. The third kappa shape index (κ3) is 6.38. The van der Waals surface area contributed by atoms with Crippen LogP contribution in [0.4, 0.5) is 4.79 Å². The number of rotatable bonds is 3. The summed E-state index contributed by atoms with van der Waals surface area (Å²) in [7, 11) is 1.44. The van der Waals surface area contributed by atoms with Gasteiger partial charge in [0.1, 0.15) is 0 Å². The number of phenolic OH excluding ortho intramolecular Hbond substituents is 1. The minimum atomic E-state index is -0.770. The molecule has 0 saturated carbocycles. The molecule has 2 aromatic heterocycles. The zero-order chi connectivity index (χ0) is 20.6. The van der Waals surface area contributed by atoms with Crippen LogP contribution in [0.25, 0.3) is 21.8 Å². The van der Waals surface area contributed by atoms with Gasteiger partial charge in [-0.15, -0.1) is 0 Å². The van der Waals surface area contributed by atoms with E-state index in [0.717, 1.165) is 21.8 Å². The first kappa shape index (κ1) is 25.3. The summed E-state index contributed by atoms with van der Waals surface area (Å²) in [5.74, 6) is 0.285. The Bertz CT molecular complexity index is 1130. The maximum Gasteiger partial charge on any atom is 0.332 e. The van der Waals surface area contributed by atoms with Crippen LogP contribution in [0.1, 0.15) is 5.56 Å². The summed E-state index contributed by atoms with van der Waals surface area (Å²) in [6, 6.07) is 16.3. The fourth-order valence-corrected chi connectivity index (χ4v) is 2.65. The van der Waals surface area contributed by atoms with E-state index in [2.05, 4.69) is 39.3 Å². The molecule has 2 amide bonds. The van der Waals surface area contributed by atoms with Crippen LogP contribution in [-0.4, -0.2) is 39.9 Å². The number of nitrogens with zero attached hydrogens (tertiary/aromatic N) is 3. The molecule has 0 spiro atoms. The van der Waals surface area contributed by atoms with Crippen molar-refractivity contribution in [2.45, 2.75) is 0 Å². The number of nitrogens with two attached hydrogens (primary N) is 1. The average Bonchev–Trinajstić information content (AvgIpc) is 2.75. The number of hydrogen-bond donors (Lipinski definition) is 3. The van der Waals surface area contributed by atoms with Gasteiger partial charge in [0.2, 0.25) is 0 Å². The monoisotopic (exact) mass is 470 g/mol. The second-order valence-electron chi connectivity index (χ2n) is 5.85. The summed E-state index contributed by atoms with van der Waals surface area (Å²) in [6.07, 6.45) is 4.87. The number of aromatic hydroxyl groups is 1.